The summed E-state index contributed by atoms with van der Waals surface area (Å²) in [5.41, 5.74) is 2.15. The Morgan fingerprint density at radius 3 is 2.67 bits per heavy atom. The zero-order valence-electron chi connectivity index (χ0n) is 12.6. The molecule has 0 radical (unpaired) electrons. The zero-order chi connectivity index (χ0) is 15.3. The van der Waals surface area contributed by atoms with Gasteiger partial charge in [-0.05, 0) is 38.5 Å². The average Bonchev–Trinajstić information content (AvgIpc) is 2.45. The second-order valence-corrected chi connectivity index (χ2v) is 5.88. The van der Waals surface area contributed by atoms with Gasteiger partial charge in [0.2, 0.25) is 0 Å². The van der Waals surface area contributed by atoms with E-state index in [9.17, 15) is 4.79 Å². The Kier molecular flexibility index (Phi) is 4.52. The van der Waals surface area contributed by atoms with Crippen LogP contribution in [0.15, 0.2) is 43.0 Å². The van der Waals surface area contributed by atoms with Crippen LogP contribution in [0.2, 0.25) is 0 Å². The van der Waals surface area contributed by atoms with E-state index in [1.54, 1.807) is 30.9 Å². The molecule has 0 bridgehead atoms. The van der Waals surface area contributed by atoms with Crippen molar-refractivity contribution in [2.24, 2.45) is 0 Å². The van der Waals surface area contributed by atoms with Crippen molar-refractivity contribution in [2.45, 2.75) is 32.9 Å². The molecule has 0 aliphatic carbocycles. The maximum Gasteiger partial charge on any atom is 0.253 e. The van der Waals surface area contributed by atoms with E-state index in [2.05, 4.69) is 20.6 Å². The molecule has 5 heteroatoms. The number of amides is 1. The summed E-state index contributed by atoms with van der Waals surface area (Å²) in [5.74, 6) is -0.125. The molecule has 2 aromatic rings. The molecule has 0 aliphatic rings. The normalized spacial score (nSPS) is 11.0. The van der Waals surface area contributed by atoms with E-state index in [1.807, 2.05) is 32.9 Å². The molecule has 2 rings (SSSR count). The third kappa shape index (κ3) is 4.87. The Bertz CT molecular complexity index is 605. The highest BCUT2D eigenvalue weighted by Crippen LogP contribution is 2.11. The summed E-state index contributed by atoms with van der Waals surface area (Å²) < 4.78 is 0. The predicted molar refractivity (Wildman–Crippen MR) is 83.0 cm³/mol. The molecule has 0 aliphatic heterocycles. The molecule has 2 aromatic heterocycles. The molecule has 2 heterocycles. The summed E-state index contributed by atoms with van der Waals surface area (Å²) in [4.78, 5) is 20.3. The van der Waals surface area contributed by atoms with Gasteiger partial charge in [-0.2, -0.15) is 0 Å². The summed E-state index contributed by atoms with van der Waals surface area (Å²) in [6.45, 7) is 6.48. The second-order valence-electron chi connectivity index (χ2n) is 5.88. The number of anilines is 1. The maximum atomic E-state index is 12.1. The first-order chi connectivity index (χ1) is 9.94. The largest absolute Gasteiger partial charge is 0.380 e. The first kappa shape index (κ1) is 15.0. The quantitative estimate of drug-likeness (QED) is 0.905. The van der Waals surface area contributed by atoms with Crippen LogP contribution in [0.25, 0.3) is 0 Å². The van der Waals surface area contributed by atoms with Crippen molar-refractivity contribution in [1.29, 1.82) is 0 Å². The lowest BCUT2D eigenvalue weighted by molar-refractivity contribution is 0.0919. The number of pyridine rings is 2. The fourth-order valence-electron chi connectivity index (χ4n) is 1.78. The van der Waals surface area contributed by atoms with Crippen LogP contribution in [-0.2, 0) is 6.54 Å². The molecule has 0 atom stereocenters. The van der Waals surface area contributed by atoms with Crippen LogP contribution >= 0.6 is 0 Å². The Labute approximate surface area is 124 Å². The van der Waals surface area contributed by atoms with Crippen LogP contribution < -0.4 is 10.6 Å². The molecular weight excluding hydrogens is 264 g/mol. The molecule has 0 aromatic carbocycles. The van der Waals surface area contributed by atoms with Crippen LogP contribution in [0.4, 0.5) is 5.69 Å². The van der Waals surface area contributed by atoms with Crippen LogP contribution in [0.5, 0.6) is 0 Å². The maximum absolute atomic E-state index is 12.1. The minimum Gasteiger partial charge on any atom is -0.380 e. The van der Waals surface area contributed by atoms with Gasteiger partial charge in [0.25, 0.3) is 5.91 Å². The molecule has 0 fully saturated rings. The number of nitrogens with one attached hydrogen (secondary N) is 2. The number of rotatable bonds is 4. The lowest BCUT2D eigenvalue weighted by atomic mass is 10.1. The standard InChI is InChI=1S/C16H20N4O/c1-16(2,3)20-15(21)13-7-14(11-18-10-13)19-9-12-5-4-6-17-8-12/h4-8,10-11,19H,9H2,1-3H3,(H,20,21). The fraction of sp³-hybridized carbons (Fsp3) is 0.312. The molecular formula is C16H20N4O. The number of hydrogen-bond acceptors (Lipinski definition) is 4. The highest BCUT2D eigenvalue weighted by molar-refractivity contribution is 5.95. The molecule has 21 heavy (non-hydrogen) atoms. The van der Waals surface area contributed by atoms with E-state index in [1.165, 1.54) is 0 Å². The van der Waals surface area contributed by atoms with Crippen molar-refractivity contribution in [1.82, 2.24) is 15.3 Å². The Balaban J connectivity index is 2.02. The van der Waals surface area contributed by atoms with Crippen LogP contribution in [0.1, 0.15) is 36.7 Å². The number of hydrogen-bond donors (Lipinski definition) is 2. The van der Waals surface area contributed by atoms with Crippen LogP contribution in [0.3, 0.4) is 0 Å². The molecule has 110 valence electrons. The predicted octanol–water partition coefficient (Wildman–Crippen LogP) is 2.62. The smallest absolute Gasteiger partial charge is 0.253 e. The Hall–Kier alpha value is -2.43. The summed E-state index contributed by atoms with van der Waals surface area (Å²) in [6.07, 6.45) is 6.81. The van der Waals surface area contributed by atoms with E-state index in [-0.39, 0.29) is 11.4 Å². The summed E-state index contributed by atoms with van der Waals surface area (Å²) >= 11 is 0. The number of carbonyl (C=O) groups is 1. The first-order valence-electron chi connectivity index (χ1n) is 6.84. The van der Waals surface area contributed by atoms with Crippen molar-refractivity contribution >= 4 is 11.6 Å². The third-order valence-electron chi connectivity index (χ3n) is 2.71. The topological polar surface area (TPSA) is 66.9 Å². The molecule has 0 saturated carbocycles. The highest BCUT2D eigenvalue weighted by Gasteiger charge is 2.15. The van der Waals surface area contributed by atoms with Crippen molar-refractivity contribution in [3.05, 3.63) is 54.1 Å². The van der Waals surface area contributed by atoms with Gasteiger partial charge < -0.3 is 10.6 Å². The average molecular weight is 284 g/mol. The van der Waals surface area contributed by atoms with Crippen molar-refractivity contribution < 1.29 is 4.79 Å². The minimum atomic E-state index is -0.268. The summed E-state index contributed by atoms with van der Waals surface area (Å²) in [7, 11) is 0. The molecule has 2 N–H and O–H groups in total. The number of aromatic nitrogens is 2. The van der Waals surface area contributed by atoms with Gasteiger partial charge in [0, 0.05) is 36.9 Å². The van der Waals surface area contributed by atoms with Gasteiger partial charge in [-0.3, -0.25) is 14.8 Å². The summed E-state index contributed by atoms with van der Waals surface area (Å²) in [5, 5.41) is 6.16. The third-order valence-corrected chi connectivity index (χ3v) is 2.71. The van der Waals surface area contributed by atoms with E-state index < -0.39 is 0 Å². The monoisotopic (exact) mass is 284 g/mol. The molecule has 1 amide bonds. The second kappa shape index (κ2) is 6.35. The zero-order valence-corrected chi connectivity index (χ0v) is 12.6. The van der Waals surface area contributed by atoms with Crippen LogP contribution in [0, 0.1) is 0 Å². The van der Waals surface area contributed by atoms with E-state index in [0.29, 0.717) is 12.1 Å². The molecule has 0 spiro atoms. The van der Waals surface area contributed by atoms with Gasteiger partial charge in [-0.1, -0.05) is 6.07 Å². The Morgan fingerprint density at radius 1 is 1.19 bits per heavy atom. The minimum absolute atomic E-state index is 0.125. The lowest BCUT2D eigenvalue weighted by Crippen LogP contribution is -2.40. The van der Waals surface area contributed by atoms with Gasteiger partial charge in [0.05, 0.1) is 11.3 Å². The van der Waals surface area contributed by atoms with Gasteiger partial charge >= 0.3 is 0 Å². The Morgan fingerprint density at radius 2 is 2.00 bits per heavy atom. The molecule has 0 unspecified atom stereocenters. The highest BCUT2D eigenvalue weighted by atomic mass is 16.1. The van der Waals surface area contributed by atoms with Crippen molar-refractivity contribution in [3.63, 3.8) is 0 Å². The van der Waals surface area contributed by atoms with Gasteiger partial charge in [-0.15, -0.1) is 0 Å². The van der Waals surface area contributed by atoms with E-state index in [4.69, 9.17) is 0 Å². The van der Waals surface area contributed by atoms with Gasteiger partial charge in [0.1, 0.15) is 0 Å². The number of carbonyl (C=O) groups excluding carboxylic acids is 1. The SMILES string of the molecule is CC(C)(C)NC(=O)c1cncc(NCc2cccnc2)c1. The molecule has 0 saturated heterocycles. The van der Waals surface area contributed by atoms with Crippen LogP contribution in [-0.4, -0.2) is 21.4 Å². The van der Waals surface area contributed by atoms with E-state index >= 15 is 0 Å². The molecule has 5 nitrogen and oxygen atoms in total. The first-order valence-corrected chi connectivity index (χ1v) is 6.84. The van der Waals surface area contributed by atoms with Gasteiger partial charge in [0.15, 0.2) is 0 Å². The lowest BCUT2D eigenvalue weighted by Gasteiger charge is -2.20. The fourth-order valence-corrected chi connectivity index (χ4v) is 1.78. The van der Waals surface area contributed by atoms with Crippen molar-refractivity contribution in [2.75, 3.05) is 5.32 Å². The number of nitrogens with zero attached hydrogens (tertiary/aromatic N) is 2. The van der Waals surface area contributed by atoms with Gasteiger partial charge in [-0.25, -0.2) is 0 Å². The van der Waals surface area contributed by atoms with Crippen molar-refractivity contribution in [3.8, 4) is 0 Å². The van der Waals surface area contributed by atoms with E-state index in [0.717, 1.165) is 11.3 Å². The summed E-state index contributed by atoms with van der Waals surface area (Å²) in [6, 6.07) is 5.68.